The van der Waals surface area contributed by atoms with E-state index < -0.39 is 0 Å². The van der Waals surface area contributed by atoms with E-state index in [4.69, 9.17) is 4.98 Å². The second kappa shape index (κ2) is 6.42. The van der Waals surface area contributed by atoms with Gasteiger partial charge in [-0.05, 0) is 37.8 Å². The summed E-state index contributed by atoms with van der Waals surface area (Å²) in [7, 11) is 0. The fourth-order valence-electron chi connectivity index (χ4n) is 4.01. The van der Waals surface area contributed by atoms with Crippen LogP contribution in [0.15, 0.2) is 24.5 Å². The average molecular weight is 368 g/mol. The van der Waals surface area contributed by atoms with Crippen LogP contribution >= 0.6 is 11.7 Å². The molecule has 7 nitrogen and oxygen atoms in total. The molecule has 5 rings (SSSR count). The van der Waals surface area contributed by atoms with Gasteiger partial charge in [0.1, 0.15) is 11.3 Å². The van der Waals surface area contributed by atoms with E-state index in [1.165, 1.54) is 25.1 Å². The van der Waals surface area contributed by atoms with Crippen LogP contribution < -0.4 is 0 Å². The number of fused-ring (bicyclic) bond motifs is 1. The number of pyridine rings is 1. The Bertz CT molecular complexity index is 924. The second-order valence-corrected chi connectivity index (χ2v) is 7.69. The third kappa shape index (κ3) is 2.59. The van der Waals surface area contributed by atoms with Crippen LogP contribution in [-0.2, 0) is 0 Å². The van der Waals surface area contributed by atoms with Gasteiger partial charge in [-0.25, -0.2) is 9.97 Å². The SMILES string of the molecule is O=C(c1cnsn1)N1CCC(n2c(C3CCC3)nc3cccnc32)CC1. The summed E-state index contributed by atoms with van der Waals surface area (Å²) < 4.78 is 10.4. The maximum Gasteiger partial charge on any atom is 0.275 e. The molecule has 2 aliphatic rings. The molecule has 26 heavy (non-hydrogen) atoms. The molecule has 0 unspecified atom stereocenters. The van der Waals surface area contributed by atoms with E-state index in [-0.39, 0.29) is 5.91 Å². The minimum atomic E-state index is -0.00923. The lowest BCUT2D eigenvalue weighted by Gasteiger charge is -2.35. The number of amides is 1. The molecule has 4 heterocycles. The van der Waals surface area contributed by atoms with E-state index in [9.17, 15) is 4.79 Å². The van der Waals surface area contributed by atoms with Crippen molar-refractivity contribution in [1.29, 1.82) is 0 Å². The summed E-state index contributed by atoms with van der Waals surface area (Å²) in [6.45, 7) is 1.47. The van der Waals surface area contributed by atoms with Gasteiger partial charge in [0, 0.05) is 31.2 Å². The van der Waals surface area contributed by atoms with Gasteiger partial charge >= 0.3 is 0 Å². The number of aromatic nitrogens is 5. The minimum absolute atomic E-state index is 0.00923. The number of carbonyl (C=O) groups is 1. The van der Waals surface area contributed by atoms with Gasteiger partial charge in [-0.1, -0.05) is 6.42 Å². The standard InChI is InChI=1S/C18H20N6OS/c25-18(15-11-20-26-22-15)23-9-6-13(7-10-23)24-16(12-3-1-4-12)21-14-5-2-8-19-17(14)24/h2,5,8,11-13H,1,3-4,6-7,9-10H2. The molecule has 0 aromatic carbocycles. The van der Waals surface area contributed by atoms with Crippen LogP contribution in [0.2, 0.25) is 0 Å². The molecule has 2 fully saturated rings. The van der Waals surface area contributed by atoms with E-state index in [1.807, 2.05) is 17.2 Å². The summed E-state index contributed by atoms with van der Waals surface area (Å²) in [5.41, 5.74) is 2.43. The maximum atomic E-state index is 12.5. The van der Waals surface area contributed by atoms with Gasteiger partial charge in [0.05, 0.1) is 17.9 Å². The molecule has 3 aromatic heterocycles. The molecule has 0 N–H and O–H groups in total. The number of carbonyl (C=O) groups excluding carboxylic acids is 1. The lowest BCUT2D eigenvalue weighted by molar-refractivity contribution is 0.0689. The van der Waals surface area contributed by atoms with Crippen LogP contribution in [0.1, 0.15) is 60.4 Å². The molecule has 1 saturated carbocycles. The van der Waals surface area contributed by atoms with Gasteiger partial charge < -0.3 is 9.47 Å². The number of imidazole rings is 1. The second-order valence-electron chi connectivity index (χ2n) is 7.13. The van der Waals surface area contributed by atoms with E-state index in [2.05, 4.69) is 24.4 Å². The predicted octanol–water partition coefficient (Wildman–Crippen LogP) is 3.03. The van der Waals surface area contributed by atoms with Gasteiger partial charge in [0.15, 0.2) is 11.3 Å². The Kier molecular flexibility index (Phi) is 3.92. The predicted molar refractivity (Wildman–Crippen MR) is 98.2 cm³/mol. The molecule has 8 heteroatoms. The van der Waals surface area contributed by atoms with Crippen molar-refractivity contribution in [2.75, 3.05) is 13.1 Å². The van der Waals surface area contributed by atoms with Gasteiger partial charge in [-0.3, -0.25) is 4.79 Å². The Morgan fingerprint density at radius 3 is 2.73 bits per heavy atom. The molecular formula is C18H20N6OS. The van der Waals surface area contributed by atoms with Crippen molar-refractivity contribution in [2.24, 2.45) is 0 Å². The third-order valence-corrected chi connectivity index (χ3v) is 6.12. The Hall–Kier alpha value is -2.35. The van der Waals surface area contributed by atoms with Gasteiger partial charge in [-0.15, -0.1) is 0 Å². The quantitative estimate of drug-likeness (QED) is 0.710. The highest BCUT2D eigenvalue weighted by molar-refractivity contribution is 6.99. The van der Waals surface area contributed by atoms with Crippen LogP contribution in [-0.4, -0.2) is 47.2 Å². The fraction of sp³-hybridized carbons (Fsp3) is 0.500. The van der Waals surface area contributed by atoms with E-state index >= 15 is 0 Å². The maximum absolute atomic E-state index is 12.5. The molecular weight excluding hydrogens is 348 g/mol. The molecule has 1 amide bonds. The highest BCUT2D eigenvalue weighted by atomic mass is 32.1. The molecule has 0 spiro atoms. The van der Waals surface area contributed by atoms with Gasteiger partial charge in [0.25, 0.3) is 5.91 Å². The third-order valence-electron chi connectivity index (χ3n) is 5.64. The Morgan fingerprint density at radius 1 is 1.19 bits per heavy atom. The monoisotopic (exact) mass is 368 g/mol. The molecule has 0 atom stereocenters. The summed E-state index contributed by atoms with van der Waals surface area (Å²) >= 11 is 1.08. The number of likely N-dealkylation sites (tertiary alicyclic amines) is 1. The highest BCUT2D eigenvalue weighted by Crippen LogP contribution is 2.39. The molecule has 0 bridgehead atoms. The Morgan fingerprint density at radius 2 is 2.04 bits per heavy atom. The van der Waals surface area contributed by atoms with E-state index in [0.717, 1.165) is 48.8 Å². The smallest absolute Gasteiger partial charge is 0.275 e. The van der Waals surface area contributed by atoms with Crippen molar-refractivity contribution in [3.05, 3.63) is 36.0 Å². The molecule has 1 saturated heterocycles. The number of piperidine rings is 1. The van der Waals surface area contributed by atoms with Crippen molar-refractivity contribution in [1.82, 2.24) is 28.2 Å². The lowest BCUT2D eigenvalue weighted by atomic mass is 9.84. The normalized spacial score (nSPS) is 19.0. The van der Waals surface area contributed by atoms with Crippen LogP contribution in [0.4, 0.5) is 0 Å². The van der Waals surface area contributed by atoms with Crippen LogP contribution in [0.3, 0.4) is 0 Å². The first kappa shape index (κ1) is 15.9. The summed E-state index contributed by atoms with van der Waals surface area (Å²) in [6, 6.07) is 4.35. The topological polar surface area (TPSA) is 76.8 Å². The Balaban J connectivity index is 1.40. The van der Waals surface area contributed by atoms with Gasteiger partial charge in [-0.2, -0.15) is 8.75 Å². The first-order valence-corrected chi connectivity index (χ1v) is 9.94. The molecule has 3 aromatic rings. The summed E-state index contributed by atoms with van der Waals surface area (Å²) in [5, 5.41) is 0. The largest absolute Gasteiger partial charge is 0.337 e. The van der Waals surface area contributed by atoms with Crippen LogP contribution in [0.25, 0.3) is 11.2 Å². The van der Waals surface area contributed by atoms with Crippen molar-refractivity contribution >= 4 is 28.8 Å². The zero-order valence-corrected chi connectivity index (χ0v) is 15.2. The number of rotatable bonds is 3. The van der Waals surface area contributed by atoms with E-state index in [1.54, 1.807) is 6.20 Å². The van der Waals surface area contributed by atoms with Crippen molar-refractivity contribution in [3.63, 3.8) is 0 Å². The van der Waals surface area contributed by atoms with Crippen LogP contribution in [0, 0.1) is 0 Å². The number of hydrogen-bond acceptors (Lipinski definition) is 6. The van der Waals surface area contributed by atoms with Crippen molar-refractivity contribution in [3.8, 4) is 0 Å². The van der Waals surface area contributed by atoms with E-state index in [0.29, 0.717) is 17.7 Å². The van der Waals surface area contributed by atoms with Crippen molar-refractivity contribution < 1.29 is 4.79 Å². The molecule has 1 aliphatic carbocycles. The Labute approximate surface area is 155 Å². The average Bonchev–Trinajstić information content (AvgIpc) is 3.28. The first-order chi connectivity index (χ1) is 12.8. The first-order valence-electron chi connectivity index (χ1n) is 9.21. The van der Waals surface area contributed by atoms with Gasteiger partial charge in [0.2, 0.25) is 0 Å². The number of hydrogen-bond donors (Lipinski definition) is 0. The molecule has 134 valence electrons. The molecule has 0 radical (unpaired) electrons. The highest BCUT2D eigenvalue weighted by Gasteiger charge is 2.32. The summed E-state index contributed by atoms with van der Waals surface area (Å²) in [4.78, 5) is 23.9. The lowest BCUT2D eigenvalue weighted by Crippen LogP contribution is -2.39. The zero-order valence-electron chi connectivity index (χ0n) is 14.4. The van der Waals surface area contributed by atoms with Crippen LogP contribution in [0.5, 0.6) is 0 Å². The number of nitrogens with zero attached hydrogens (tertiary/aromatic N) is 6. The summed E-state index contributed by atoms with van der Waals surface area (Å²) in [6.07, 6.45) is 8.97. The molecule has 1 aliphatic heterocycles. The minimum Gasteiger partial charge on any atom is -0.337 e. The zero-order chi connectivity index (χ0) is 17.5. The van der Waals surface area contributed by atoms with Crippen molar-refractivity contribution in [2.45, 2.75) is 44.1 Å². The fourth-order valence-corrected chi connectivity index (χ4v) is 4.42. The summed E-state index contributed by atoms with van der Waals surface area (Å²) in [5.74, 6) is 1.74.